The van der Waals surface area contributed by atoms with E-state index in [1.165, 1.54) is 6.08 Å². The number of pyridine rings is 1. The van der Waals surface area contributed by atoms with Crippen LogP contribution < -0.4 is 10.9 Å². The third-order valence-electron chi connectivity index (χ3n) is 6.35. The summed E-state index contributed by atoms with van der Waals surface area (Å²) in [5, 5.41) is 6.03. The summed E-state index contributed by atoms with van der Waals surface area (Å²) >= 11 is 6.47. The smallest absolute Gasteiger partial charge is 0.258 e. The average molecular weight is 436 g/mol. The summed E-state index contributed by atoms with van der Waals surface area (Å²) in [6, 6.07) is 13.8. The van der Waals surface area contributed by atoms with Crippen molar-refractivity contribution in [3.05, 3.63) is 87.8 Å². The first-order valence-corrected chi connectivity index (χ1v) is 10.8. The summed E-state index contributed by atoms with van der Waals surface area (Å²) in [5.74, 6) is -0.0504. The molecule has 1 amide bonds. The number of piperidine rings is 1. The van der Waals surface area contributed by atoms with Gasteiger partial charge in [0.25, 0.3) is 5.56 Å². The number of anilines is 1. The molecule has 1 N–H and O–H groups in total. The lowest BCUT2D eigenvalue weighted by Crippen LogP contribution is -2.49. The van der Waals surface area contributed by atoms with Crippen molar-refractivity contribution in [3.8, 4) is 0 Å². The van der Waals surface area contributed by atoms with E-state index in [0.29, 0.717) is 18.5 Å². The number of rotatable bonds is 4. The minimum absolute atomic E-state index is 0.0273. The van der Waals surface area contributed by atoms with Crippen molar-refractivity contribution < 1.29 is 4.79 Å². The minimum atomic E-state index is -0.402. The van der Waals surface area contributed by atoms with Crippen LogP contribution >= 0.6 is 11.6 Å². The second-order valence-corrected chi connectivity index (χ2v) is 8.59. The molecule has 1 saturated heterocycles. The predicted molar refractivity (Wildman–Crippen MR) is 127 cm³/mol. The molecule has 1 fully saturated rings. The van der Waals surface area contributed by atoms with Gasteiger partial charge in [-0.05, 0) is 66.6 Å². The van der Waals surface area contributed by atoms with Crippen LogP contribution in [0.3, 0.4) is 0 Å². The third-order valence-corrected chi connectivity index (χ3v) is 6.76. The zero-order valence-electron chi connectivity index (χ0n) is 17.8. The number of hydrogen-bond donors (Lipinski definition) is 1. The Morgan fingerprint density at radius 2 is 1.94 bits per heavy atom. The molecule has 6 heteroatoms. The van der Waals surface area contributed by atoms with Crippen LogP contribution in [-0.4, -0.2) is 28.5 Å². The van der Waals surface area contributed by atoms with Gasteiger partial charge in [-0.1, -0.05) is 36.4 Å². The van der Waals surface area contributed by atoms with Crippen LogP contribution in [0.2, 0.25) is 5.02 Å². The number of nitrogens with zero attached hydrogens (tertiary/aromatic N) is 2. The Balaban J connectivity index is 1.77. The van der Waals surface area contributed by atoms with Crippen molar-refractivity contribution >= 4 is 34.0 Å². The highest BCUT2D eigenvalue weighted by Gasteiger charge is 2.38. The summed E-state index contributed by atoms with van der Waals surface area (Å²) in [7, 11) is 1.75. The normalized spacial score (nSPS) is 15.6. The van der Waals surface area contributed by atoms with Gasteiger partial charge < -0.3 is 14.8 Å². The van der Waals surface area contributed by atoms with E-state index in [1.54, 1.807) is 17.8 Å². The molecule has 2 aromatic carbocycles. The van der Waals surface area contributed by atoms with Gasteiger partial charge in [0.15, 0.2) is 0 Å². The number of halogens is 1. The van der Waals surface area contributed by atoms with Crippen LogP contribution in [0.25, 0.3) is 10.8 Å². The van der Waals surface area contributed by atoms with Gasteiger partial charge in [-0.2, -0.15) is 0 Å². The maximum Gasteiger partial charge on any atom is 0.258 e. The molecule has 0 radical (unpaired) electrons. The summed E-state index contributed by atoms with van der Waals surface area (Å²) in [5.41, 5.74) is 2.59. The van der Waals surface area contributed by atoms with Gasteiger partial charge in [-0.25, -0.2) is 0 Å². The van der Waals surface area contributed by atoms with Crippen LogP contribution in [0.4, 0.5) is 5.69 Å². The molecule has 1 aromatic heterocycles. The lowest BCUT2D eigenvalue weighted by Gasteiger charge is -2.44. The summed E-state index contributed by atoms with van der Waals surface area (Å²) in [6.45, 7) is 6.86. The molecule has 3 aromatic rings. The molecular formula is C25H26ClN3O2. The van der Waals surface area contributed by atoms with Gasteiger partial charge in [0.2, 0.25) is 5.91 Å². The lowest BCUT2D eigenvalue weighted by molar-refractivity contribution is -0.127. The Labute approximate surface area is 186 Å². The average Bonchev–Trinajstić information content (AvgIpc) is 2.78. The Morgan fingerprint density at radius 3 is 2.65 bits per heavy atom. The zero-order chi connectivity index (χ0) is 22.2. The maximum atomic E-state index is 12.6. The maximum absolute atomic E-state index is 12.6. The number of likely N-dealkylation sites (tertiary alicyclic amines) is 1. The topological polar surface area (TPSA) is 54.3 Å². The summed E-state index contributed by atoms with van der Waals surface area (Å²) in [4.78, 5) is 26.6. The lowest BCUT2D eigenvalue weighted by atomic mass is 9.78. The Morgan fingerprint density at radius 1 is 1.19 bits per heavy atom. The van der Waals surface area contributed by atoms with Crippen LogP contribution in [0.15, 0.2) is 66.1 Å². The SMILES string of the molecule is C=CC(=O)N1CCC(Nc2ccc3ccn(C)c(=O)c3c2)(c2cccc(Cl)c2C)CC1. The van der Waals surface area contributed by atoms with Gasteiger partial charge in [0.1, 0.15) is 0 Å². The Kier molecular flexibility index (Phi) is 5.63. The largest absolute Gasteiger partial charge is 0.375 e. The van der Waals surface area contributed by atoms with Crippen LogP contribution in [0, 0.1) is 6.92 Å². The van der Waals surface area contributed by atoms with Gasteiger partial charge in [0.05, 0.1) is 5.54 Å². The molecule has 0 unspecified atom stereocenters. The summed E-state index contributed by atoms with van der Waals surface area (Å²) < 4.78 is 1.59. The molecule has 31 heavy (non-hydrogen) atoms. The number of aromatic nitrogens is 1. The Bertz CT molecular complexity index is 1220. The molecule has 1 aliphatic heterocycles. The molecule has 0 aliphatic carbocycles. The number of nitrogens with one attached hydrogen (secondary N) is 1. The highest BCUT2D eigenvalue weighted by atomic mass is 35.5. The second kappa shape index (κ2) is 8.23. The molecule has 0 bridgehead atoms. The standard InChI is InChI=1S/C25H26ClN3O2/c1-4-23(30)29-14-11-25(12-15-29,21-6-5-7-22(26)17(21)2)27-19-9-8-18-10-13-28(3)24(31)20(18)16-19/h4-10,13,16,27H,1,11-12,14-15H2,2-3H3. The van der Waals surface area contributed by atoms with E-state index in [9.17, 15) is 9.59 Å². The second-order valence-electron chi connectivity index (χ2n) is 8.18. The van der Waals surface area contributed by atoms with Gasteiger partial charge in [-0.15, -0.1) is 0 Å². The first kappa shape index (κ1) is 21.2. The third kappa shape index (κ3) is 3.86. The highest BCUT2D eigenvalue weighted by Crippen LogP contribution is 2.40. The van der Waals surface area contributed by atoms with E-state index in [1.807, 2.05) is 48.2 Å². The monoisotopic (exact) mass is 435 g/mol. The van der Waals surface area contributed by atoms with E-state index in [0.717, 1.165) is 40.1 Å². The molecular weight excluding hydrogens is 410 g/mol. The fraction of sp³-hybridized carbons (Fsp3) is 0.280. The van der Waals surface area contributed by atoms with E-state index < -0.39 is 5.54 Å². The first-order valence-electron chi connectivity index (χ1n) is 10.4. The molecule has 0 saturated carbocycles. The zero-order valence-corrected chi connectivity index (χ0v) is 18.6. The van der Waals surface area contributed by atoms with Crippen LogP contribution in [0.1, 0.15) is 24.0 Å². The van der Waals surface area contributed by atoms with Gasteiger partial charge in [0, 0.05) is 42.4 Å². The van der Waals surface area contributed by atoms with Crippen LogP contribution in [-0.2, 0) is 17.4 Å². The molecule has 5 nitrogen and oxygen atoms in total. The number of fused-ring (bicyclic) bond motifs is 1. The van der Waals surface area contributed by atoms with Gasteiger partial charge >= 0.3 is 0 Å². The van der Waals surface area contributed by atoms with Crippen LogP contribution in [0.5, 0.6) is 0 Å². The van der Waals surface area contributed by atoms with E-state index >= 15 is 0 Å². The molecule has 4 rings (SSSR count). The van der Waals surface area contributed by atoms with Crippen molar-refractivity contribution in [2.75, 3.05) is 18.4 Å². The number of benzene rings is 2. The minimum Gasteiger partial charge on any atom is -0.375 e. The van der Waals surface area contributed by atoms with E-state index in [2.05, 4.69) is 18.0 Å². The van der Waals surface area contributed by atoms with Crippen molar-refractivity contribution in [2.45, 2.75) is 25.3 Å². The van der Waals surface area contributed by atoms with E-state index in [4.69, 9.17) is 11.6 Å². The number of aryl methyl sites for hydroxylation is 1. The molecule has 0 spiro atoms. The number of hydrogen-bond acceptors (Lipinski definition) is 3. The van der Waals surface area contributed by atoms with Crippen molar-refractivity contribution in [3.63, 3.8) is 0 Å². The molecule has 160 valence electrons. The number of amides is 1. The number of carbonyl (C=O) groups excluding carboxylic acids is 1. The van der Waals surface area contributed by atoms with E-state index in [-0.39, 0.29) is 11.5 Å². The van der Waals surface area contributed by atoms with Crippen molar-refractivity contribution in [1.29, 1.82) is 0 Å². The number of carbonyl (C=O) groups is 1. The molecule has 2 heterocycles. The molecule has 0 atom stereocenters. The predicted octanol–water partition coefficient (Wildman–Crippen LogP) is 4.62. The van der Waals surface area contributed by atoms with Gasteiger partial charge in [-0.3, -0.25) is 9.59 Å². The quantitative estimate of drug-likeness (QED) is 0.608. The highest BCUT2D eigenvalue weighted by molar-refractivity contribution is 6.31. The Hall–Kier alpha value is -3.05. The molecule has 1 aliphatic rings. The fourth-order valence-corrected chi connectivity index (χ4v) is 4.69. The van der Waals surface area contributed by atoms with Crippen molar-refractivity contribution in [2.24, 2.45) is 7.05 Å². The first-order chi connectivity index (χ1) is 14.8. The summed E-state index contributed by atoms with van der Waals surface area (Å²) in [6.07, 6.45) is 4.59. The fourth-order valence-electron chi connectivity index (χ4n) is 4.52. The van der Waals surface area contributed by atoms with Crippen molar-refractivity contribution in [1.82, 2.24) is 9.47 Å².